The van der Waals surface area contributed by atoms with Crippen LogP contribution in [0.3, 0.4) is 0 Å². The number of thiophene rings is 1. The molecule has 3 heteroatoms. The van der Waals surface area contributed by atoms with Gasteiger partial charge in [0, 0.05) is 23.5 Å². The van der Waals surface area contributed by atoms with E-state index >= 15 is 0 Å². The fourth-order valence-electron chi connectivity index (χ4n) is 4.61. The van der Waals surface area contributed by atoms with Gasteiger partial charge in [0.2, 0.25) is 0 Å². The van der Waals surface area contributed by atoms with E-state index in [1.54, 1.807) is 4.88 Å². The summed E-state index contributed by atoms with van der Waals surface area (Å²) in [4.78, 5) is 4.23. The lowest BCUT2D eigenvalue weighted by molar-refractivity contribution is 0.195. The number of fused-ring (bicyclic) bond motifs is 2. The molecule has 0 aromatic carbocycles. The lowest BCUT2D eigenvalue weighted by Crippen LogP contribution is -2.46. The molecule has 4 unspecified atom stereocenters. The normalized spacial score (nSPS) is 35.5. The molecule has 2 nitrogen and oxygen atoms in total. The Morgan fingerprint density at radius 3 is 2.80 bits per heavy atom. The molecule has 0 spiro atoms. The molecule has 1 N–H and O–H groups in total. The molecule has 4 rings (SSSR count). The molecule has 3 aliphatic rings. The number of piperidine rings is 1. The number of hydrogen-bond acceptors (Lipinski definition) is 3. The van der Waals surface area contributed by atoms with E-state index in [1.165, 1.54) is 58.2 Å². The van der Waals surface area contributed by atoms with Gasteiger partial charge in [-0.25, -0.2) is 0 Å². The Labute approximate surface area is 126 Å². The van der Waals surface area contributed by atoms with Crippen molar-refractivity contribution in [2.75, 3.05) is 19.6 Å². The smallest absolute Gasteiger partial charge is 0.0445 e. The van der Waals surface area contributed by atoms with E-state index in [4.69, 9.17) is 0 Å². The van der Waals surface area contributed by atoms with Gasteiger partial charge in [-0.2, -0.15) is 0 Å². The van der Waals surface area contributed by atoms with Gasteiger partial charge in [-0.15, -0.1) is 11.3 Å². The Morgan fingerprint density at radius 2 is 2.00 bits per heavy atom. The Hall–Kier alpha value is -0.380. The van der Waals surface area contributed by atoms with E-state index in [1.807, 2.05) is 11.3 Å². The summed E-state index contributed by atoms with van der Waals surface area (Å²) >= 11 is 1.95. The van der Waals surface area contributed by atoms with Crippen LogP contribution in [-0.2, 0) is 0 Å². The number of nitrogens with zero attached hydrogens (tertiary/aromatic N) is 1. The Balaban J connectivity index is 1.50. The quantitative estimate of drug-likeness (QED) is 0.910. The zero-order valence-corrected chi connectivity index (χ0v) is 13.1. The van der Waals surface area contributed by atoms with E-state index in [0.717, 1.165) is 17.9 Å². The van der Waals surface area contributed by atoms with Gasteiger partial charge >= 0.3 is 0 Å². The number of rotatable bonds is 4. The van der Waals surface area contributed by atoms with E-state index in [2.05, 4.69) is 27.7 Å². The minimum Gasteiger partial charge on any atom is -0.306 e. The molecule has 3 fully saturated rings. The van der Waals surface area contributed by atoms with Crippen LogP contribution in [-0.4, -0.2) is 30.6 Å². The predicted octanol–water partition coefficient (Wildman–Crippen LogP) is 3.66. The molecular formula is C17H26N2S. The van der Waals surface area contributed by atoms with Gasteiger partial charge in [-0.3, -0.25) is 0 Å². The van der Waals surface area contributed by atoms with Crippen LogP contribution in [0.5, 0.6) is 0 Å². The first-order valence-electron chi connectivity index (χ1n) is 8.42. The third-order valence-corrected chi connectivity index (χ3v) is 6.70. The van der Waals surface area contributed by atoms with Crippen molar-refractivity contribution in [1.29, 1.82) is 0 Å². The van der Waals surface area contributed by atoms with E-state index in [-0.39, 0.29) is 0 Å². The van der Waals surface area contributed by atoms with Crippen molar-refractivity contribution in [2.45, 2.75) is 50.6 Å². The highest BCUT2D eigenvalue weighted by molar-refractivity contribution is 7.10. The van der Waals surface area contributed by atoms with Crippen molar-refractivity contribution >= 4 is 11.3 Å². The van der Waals surface area contributed by atoms with Crippen LogP contribution in [0.2, 0.25) is 0 Å². The molecule has 1 saturated carbocycles. The van der Waals surface area contributed by atoms with Crippen molar-refractivity contribution < 1.29 is 0 Å². The second-order valence-corrected chi connectivity index (χ2v) is 7.93. The van der Waals surface area contributed by atoms with Gasteiger partial charge in [0.1, 0.15) is 0 Å². The lowest BCUT2D eigenvalue weighted by atomic mass is 9.90. The molecule has 2 bridgehead atoms. The molecule has 20 heavy (non-hydrogen) atoms. The largest absolute Gasteiger partial charge is 0.306 e. The standard InChI is InChI=1S/C17H26N2S/c1-2-5-13(4-1)17(16-6-3-11-20-16)18-15-8-10-19-9-7-14(15)12-19/h3,6,11,13-15,17-18H,1-2,4-5,7-10,12H2. The summed E-state index contributed by atoms with van der Waals surface area (Å²) in [6.45, 7) is 4.01. The monoisotopic (exact) mass is 290 g/mol. The Bertz CT molecular complexity index is 424. The van der Waals surface area contributed by atoms with Crippen molar-refractivity contribution in [3.63, 3.8) is 0 Å². The second kappa shape index (κ2) is 5.78. The molecule has 4 atom stereocenters. The average Bonchev–Trinajstić information content (AvgIpc) is 3.21. The third-order valence-electron chi connectivity index (χ3n) is 5.75. The summed E-state index contributed by atoms with van der Waals surface area (Å²) in [5.41, 5.74) is 0. The van der Waals surface area contributed by atoms with Crippen LogP contribution < -0.4 is 5.32 Å². The highest BCUT2D eigenvalue weighted by Gasteiger charge is 2.37. The molecule has 0 radical (unpaired) electrons. The van der Waals surface area contributed by atoms with Crippen LogP contribution >= 0.6 is 11.3 Å². The Morgan fingerprint density at radius 1 is 1.15 bits per heavy atom. The molecule has 3 heterocycles. The molecule has 0 amide bonds. The second-order valence-electron chi connectivity index (χ2n) is 6.95. The summed E-state index contributed by atoms with van der Waals surface area (Å²) in [6.07, 6.45) is 8.52. The minimum absolute atomic E-state index is 0.634. The van der Waals surface area contributed by atoms with Crippen LogP contribution in [0.4, 0.5) is 0 Å². The van der Waals surface area contributed by atoms with Crippen LogP contribution in [0.1, 0.15) is 49.4 Å². The van der Waals surface area contributed by atoms with E-state index < -0.39 is 0 Å². The summed E-state index contributed by atoms with van der Waals surface area (Å²) < 4.78 is 0. The highest BCUT2D eigenvalue weighted by atomic mass is 32.1. The van der Waals surface area contributed by atoms with Crippen molar-refractivity contribution in [1.82, 2.24) is 10.2 Å². The van der Waals surface area contributed by atoms with Crippen LogP contribution in [0.15, 0.2) is 17.5 Å². The van der Waals surface area contributed by atoms with Crippen molar-refractivity contribution in [3.8, 4) is 0 Å². The molecule has 2 saturated heterocycles. The first kappa shape index (κ1) is 13.3. The molecular weight excluding hydrogens is 264 g/mol. The third kappa shape index (κ3) is 2.56. The molecule has 2 aliphatic heterocycles. The SMILES string of the molecule is c1csc(C(NC2CCN3CCC2C3)C2CCCC2)c1. The van der Waals surface area contributed by atoms with E-state index in [0.29, 0.717) is 6.04 Å². The van der Waals surface area contributed by atoms with Gasteiger partial charge < -0.3 is 10.2 Å². The first-order valence-corrected chi connectivity index (χ1v) is 9.30. The highest BCUT2D eigenvalue weighted by Crippen LogP contribution is 2.39. The zero-order chi connectivity index (χ0) is 13.4. The average molecular weight is 290 g/mol. The zero-order valence-electron chi connectivity index (χ0n) is 12.3. The maximum absolute atomic E-state index is 4.11. The molecule has 1 aromatic heterocycles. The maximum atomic E-state index is 4.11. The van der Waals surface area contributed by atoms with Crippen LogP contribution in [0, 0.1) is 11.8 Å². The number of nitrogens with one attached hydrogen (secondary N) is 1. The molecule has 1 aromatic rings. The van der Waals surface area contributed by atoms with Gasteiger partial charge in [0.05, 0.1) is 0 Å². The lowest BCUT2D eigenvalue weighted by Gasteiger charge is -2.36. The molecule has 110 valence electrons. The van der Waals surface area contributed by atoms with Gasteiger partial charge in [-0.05, 0) is 62.1 Å². The van der Waals surface area contributed by atoms with Crippen molar-refractivity contribution in [2.24, 2.45) is 11.8 Å². The van der Waals surface area contributed by atoms with Gasteiger partial charge in [0.15, 0.2) is 0 Å². The fourth-order valence-corrected chi connectivity index (χ4v) is 5.49. The summed E-state index contributed by atoms with van der Waals surface area (Å²) in [7, 11) is 0. The predicted molar refractivity (Wildman–Crippen MR) is 85.1 cm³/mol. The van der Waals surface area contributed by atoms with Crippen LogP contribution in [0.25, 0.3) is 0 Å². The topological polar surface area (TPSA) is 15.3 Å². The fraction of sp³-hybridized carbons (Fsp3) is 0.765. The van der Waals surface area contributed by atoms with Crippen molar-refractivity contribution in [3.05, 3.63) is 22.4 Å². The summed E-state index contributed by atoms with van der Waals surface area (Å²) in [5.74, 6) is 1.79. The first-order chi connectivity index (χ1) is 9.90. The number of hydrogen-bond donors (Lipinski definition) is 1. The summed E-state index contributed by atoms with van der Waals surface area (Å²) in [5, 5.41) is 6.36. The van der Waals surface area contributed by atoms with Gasteiger partial charge in [0.25, 0.3) is 0 Å². The Kier molecular flexibility index (Phi) is 3.84. The van der Waals surface area contributed by atoms with Gasteiger partial charge in [-0.1, -0.05) is 18.9 Å². The maximum Gasteiger partial charge on any atom is 0.0445 e. The summed E-state index contributed by atoms with van der Waals surface area (Å²) in [6, 6.07) is 5.97. The molecule has 1 aliphatic carbocycles. The van der Waals surface area contributed by atoms with E-state index in [9.17, 15) is 0 Å². The minimum atomic E-state index is 0.634.